The van der Waals surface area contributed by atoms with Crippen molar-refractivity contribution in [3.63, 3.8) is 0 Å². The molecule has 0 aliphatic heterocycles. The first-order valence-electron chi connectivity index (χ1n) is 4.97. The van der Waals surface area contributed by atoms with Crippen LogP contribution in [0.15, 0.2) is 18.2 Å². The van der Waals surface area contributed by atoms with Crippen molar-refractivity contribution in [2.24, 2.45) is 0 Å². The van der Waals surface area contributed by atoms with Crippen molar-refractivity contribution in [2.75, 3.05) is 14.2 Å². The second kappa shape index (κ2) is 5.71. The van der Waals surface area contributed by atoms with Gasteiger partial charge < -0.3 is 9.47 Å². The van der Waals surface area contributed by atoms with Crippen LogP contribution in [-0.4, -0.2) is 20.2 Å². The van der Waals surface area contributed by atoms with Crippen LogP contribution in [0.1, 0.15) is 16.7 Å². The largest absolute Gasteiger partial charge is 0.495 e. The molecule has 4 nitrogen and oxygen atoms in total. The van der Waals surface area contributed by atoms with Crippen LogP contribution in [0.3, 0.4) is 0 Å². The molecule has 0 heterocycles. The maximum absolute atomic E-state index is 11.0. The van der Waals surface area contributed by atoms with E-state index in [1.54, 1.807) is 25.1 Å². The molecular weight excluding hydrogens is 218 g/mol. The molecule has 0 radical (unpaired) electrons. The lowest BCUT2D eigenvalue weighted by Crippen LogP contribution is -1.96. The fourth-order valence-electron chi connectivity index (χ4n) is 1.42. The maximum Gasteiger partial charge on any atom is 0.330 e. The smallest absolute Gasteiger partial charge is 0.330 e. The highest BCUT2D eigenvalue weighted by Gasteiger charge is 2.08. The van der Waals surface area contributed by atoms with E-state index < -0.39 is 5.97 Å². The predicted octanol–water partition coefficient (Wildman–Crippen LogP) is 2.06. The van der Waals surface area contributed by atoms with Gasteiger partial charge in [0.2, 0.25) is 0 Å². The number of benzene rings is 1. The lowest BCUT2D eigenvalue weighted by atomic mass is 10.0. The minimum absolute atomic E-state index is 0.432. The molecule has 88 valence electrons. The van der Waals surface area contributed by atoms with Crippen LogP contribution in [0, 0.1) is 18.3 Å². The van der Waals surface area contributed by atoms with Crippen molar-refractivity contribution in [1.82, 2.24) is 0 Å². The van der Waals surface area contributed by atoms with Crippen LogP contribution >= 0.6 is 0 Å². The van der Waals surface area contributed by atoms with Crippen molar-refractivity contribution >= 4 is 12.0 Å². The Hall–Kier alpha value is -2.28. The van der Waals surface area contributed by atoms with Gasteiger partial charge in [-0.3, -0.25) is 0 Å². The Morgan fingerprint density at radius 3 is 2.65 bits per heavy atom. The predicted molar refractivity (Wildman–Crippen MR) is 63.5 cm³/mol. The van der Waals surface area contributed by atoms with Gasteiger partial charge in [-0.1, -0.05) is 6.07 Å². The minimum atomic E-state index is -0.432. The lowest BCUT2D eigenvalue weighted by molar-refractivity contribution is -0.134. The number of hydrogen-bond acceptors (Lipinski definition) is 4. The van der Waals surface area contributed by atoms with Crippen LogP contribution < -0.4 is 4.74 Å². The third-order valence-electron chi connectivity index (χ3n) is 2.40. The summed E-state index contributed by atoms with van der Waals surface area (Å²) < 4.78 is 9.58. The van der Waals surface area contributed by atoms with E-state index in [9.17, 15) is 4.79 Å². The number of nitriles is 1. The zero-order chi connectivity index (χ0) is 12.8. The van der Waals surface area contributed by atoms with Gasteiger partial charge in [0.1, 0.15) is 11.8 Å². The minimum Gasteiger partial charge on any atom is -0.495 e. The zero-order valence-corrected chi connectivity index (χ0v) is 9.98. The number of nitrogens with zero attached hydrogens (tertiary/aromatic N) is 1. The molecule has 0 amide bonds. The highest BCUT2D eigenvalue weighted by molar-refractivity contribution is 5.87. The number of methoxy groups -OCH3 is 2. The number of rotatable bonds is 3. The second-order valence-electron chi connectivity index (χ2n) is 3.33. The van der Waals surface area contributed by atoms with Crippen molar-refractivity contribution in [2.45, 2.75) is 6.92 Å². The second-order valence-corrected chi connectivity index (χ2v) is 3.33. The first-order valence-corrected chi connectivity index (χ1v) is 4.97. The third kappa shape index (κ3) is 2.85. The molecule has 0 atom stereocenters. The summed E-state index contributed by atoms with van der Waals surface area (Å²) in [4.78, 5) is 11.0. The van der Waals surface area contributed by atoms with Gasteiger partial charge in [0.25, 0.3) is 0 Å². The van der Waals surface area contributed by atoms with Gasteiger partial charge in [-0.15, -0.1) is 0 Å². The number of carbonyl (C=O) groups is 1. The molecule has 0 aliphatic rings. The summed E-state index contributed by atoms with van der Waals surface area (Å²) >= 11 is 0. The topological polar surface area (TPSA) is 59.3 Å². The van der Waals surface area contributed by atoms with Gasteiger partial charge in [0, 0.05) is 6.08 Å². The first kappa shape index (κ1) is 12.8. The number of hydrogen-bond donors (Lipinski definition) is 0. The Morgan fingerprint density at radius 1 is 1.41 bits per heavy atom. The van der Waals surface area contributed by atoms with E-state index in [1.807, 2.05) is 0 Å². The monoisotopic (exact) mass is 231 g/mol. The van der Waals surface area contributed by atoms with Crippen LogP contribution in [0.25, 0.3) is 6.08 Å². The van der Waals surface area contributed by atoms with Gasteiger partial charge in [0.05, 0.1) is 19.8 Å². The molecule has 0 unspecified atom stereocenters. The van der Waals surface area contributed by atoms with Crippen LogP contribution in [-0.2, 0) is 9.53 Å². The fraction of sp³-hybridized carbons (Fsp3) is 0.231. The van der Waals surface area contributed by atoms with E-state index in [0.717, 1.165) is 11.1 Å². The Bertz CT molecular complexity index is 498. The molecule has 4 heteroatoms. The summed E-state index contributed by atoms with van der Waals surface area (Å²) in [6.07, 6.45) is 2.93. The Kier molecular flexibility index (Phi) is 4.29. The van der Waals surface area contributed by atoms with Crippen LogP contribution in [0.5, 0.6) is 5.75 Å². The van der Waals surface area contributed by atoms with Crippen molar-refractivity contribution in [1.29, 1.82) is 5.26 Å². The Balaban J connectivity index is 3.16. The normalized spacial score (nSPS) is 10.0. The summed E-state index contributed by atoms with van der Waals surface area (Å²) in [5, 5.41) is 9.03. The molecule has 1 aromatic carbocycles. The maximum atomic E-state index is 11.0. The van der Waals surface area contributed by atoms with Gasteiger partial charge in [-0.25, -0.2) is 4.79 Å². The van der Waals surface area contributed by atoms with E-state index in [-0.39, 0.29) is 0 Å². The van der Waals surface area contributed by atoms with E-state index in [1.165, 1.54) is 20.3 Å². The molecule has 1 aromatic rings. The Morgan fingerprint density at radius 2 is 2.12 bits per heavy atom. The Labute approximate surface area is 100 Å². The molecule has 1 rings (SSSR count). The third-order valence-corrected chi connectivity index (χ3v) is 2.40. The van der Waals surface area contributed by atoms with Crippen molar-refractivity contribution in [3.8, 4) is 11.8 Å². The SMILES string of the molecule is COC(=O)C=Cc1ccc(OC)c(C#N)c1C. The molecule has 0 spiro atoms. The van der Waals surface area contributed by atoms with E-state index in [0.29, 0.717) is 11.3 Å². The lowest BCUT2D eigenvalue weighted by Gasteiger charge is -2.07. The van der Waals surface area contributed by atoms with Crippen molar-refractivity contribution < 1.29 is 14.3 Å². The highest BCUT2D eigenvalue weighted by Crippen LogP contribution is 2.24. The number of carbonyl (C=O) groups excluding carboxylic acids is 1. The van der Waals surface area contributed by atoms with Crippen LogP contribution in [0.4, 0.5) is 0 Å². The summed E-state index contributed by atoms with van der Waals surface area (Å²) in [5.74, 6) is 0.0962. The number of ether oxygens (including phenoxy) is 2. The summed E-state index contributed by atoms with van der Waals surface area (Å²) in [5.41, 5.74) is 2.03. The van der Waals surface area contributed by atoms with E-state index >= 15 is 0 Å². The van der Waals surface area contributed by atoms with E-state index in [4.69, 9.17) is 10.00 Å². The average molecular weight is 231 g/mol. The number of esters is 1. The highest BCUT2D eigenvalue weighted by atomic mass is 16.5. The molecule has 0 fully saturated rings. The molecule has 0 saturated heterocycles. The molecule has 0 aromatic heterocycles. The summed E-state index contributed by atoms with van der Waals surface area (Å²) in [7, 11) is 2.83. The van der Waals surface area contributed by atoms with Gasteiger partial charge >= 0.3 is 5.97 Å². The summed E-state index contributed by atoms with van der Waals surface area (Å²) in [6, 6.07) is 5.56. The van der Waals surface area contributed by atoms with Gasteiger partial charge in [-0.05, 0) is 30.2 Å². The molecule has 0 N–H and O–H groups in total. The van der Waals surface area contributed by atoms with Crippen LogP contribution in [0.2, 0.25) is 0 Å². The van der Waals surface area contributed by atoms with Gasteiger partial charge in [0.15, 0.2) is 0 Å². The quantitative estimate of drug-likeness (QED) is 0.590. The molecule has 0 bridgehead atoms. The standard InChI is InChI=1S/C13H13NO3/c1-9-10(5-7-13(15)17-3)4-6-12(16-2)11(9)8-14/h4-7H,1-3H3. The first-order chi connectivity index (χ1) is 8.13. The molecule has 0 aliphatic carbocycles. The van der Waals surface area contributed by atoms with Gasteiger partial charge in [-0.2, -0.15) is 5.26 Å². The average Bonchev–Trinajstić information content (AvgIpc) is 2.36. The molecule has 17 heavy (non-hydrogen) atoms. The van der Waals surface area contributed by atoms with Crippen molar-refractivity contribution in [3.05, 3.63) is 34.9 Å². The molecule has 0 saturated carbocycles. The fourth-order valence-corrected chi connectivity index (χ4v) is 1.42. The zero-order valence-electron chi connectivity index (χ0n) is 9.98. The van der Waals surface area contributed by atoms with E-state index in [2.05, 4.69) is 10.8 Å². The molecular formula is C13H13NO3. The summed E-state index contributed by atoms with van der Waals surface area (Å²) in [6.45, 7) is 1.80.